The lowest BCUT2D eigenvalue weighted by atomic mass is 9.69. The summed E-state index contributed by atoms with van der Waals surface area (Å²) in [6, 6.07) is 0. The van der Waals surface area contributed by atoms with E-state index in [4.69, 9.17) is 0 Å². The standard InChI is InChI=1S/C12H18O2S/c1-11(2)7(13)5-9(11)15-10-6-8(14)12(10,3)4/h9-10H,5-6H2,1-4H3. The Balaban J connectivity index is 1.96. The molecule has 2 fully saturated rings. The first-order chi connectivity index (χ1) is 6.76. The summed E-state index contributed by atoms with van der Waals surface area (Å²) in [6.07, 6.45) is 1.39. The van der Waals surface area contributed by atoms with E-state index in [1.54, 1.807) is 0 Å². The van der Waals surface area contributed by atoms with Gasteiger partial charge in [0.2, 0.25) is 0 Å². The molecular weight excluding hydrogens is 208 g/mol. The number of carbonyl (C=O) groups is 2. The molecule has 2 nitrogen and oxygen atoms in total. The molecule has 15 heavy (non-hydrogen) atoms. The minimum Gasteiger partial charge on any atom is -0.299 e. The molecule has 0 N–H and O–H groups in total. The van der Waals surface area contributed by atoms with Crippen molar-refractivity contribution in [2.24, 2.45) is 10.8 Å². The number of hydrogen-bond donors (Lipinski definition) is 0. The number of rotatable bonds is 2. The quantitative estimate of drug-likeness (QED) is 0.725. The highest BCUT2D eigenvalue weighted by Gasteiger charge is 2.54. The monoisotopic (exact) mass is 226 g/mol. The van der Waals surface area contributed by atoms with Crippen LogP contribution in [-0.4, -0.2) is 22.1 Å². The van der Waals surface area contributed by atoms with Gasteiger partial charge >= 0.3 is 0 Å². The van der Waals surface area contributed by atoms with Crippen LogP contribution in [0.3, 0.4) is 0 Å². The van der Waals surface area contributed by atoms with Crippen molar-refractivity contribution < 1.29 is 9.59 Å². The third kappa shape index (κ3) is 1.47. The predicted octanol–water partition coefficient (Wildman–Crippen LogP) is 2.45. The van der Waals surface area contributed by atoms with Gasteiger partial charge in [-0.25, -0.2) is 0 Å². The molecule has 2 atom stereocenters. The van der Waals surface area contributed by atoms with E-state index in [2.05, 4.69) is 0 Å². The maximum Gasteiger partial charge on any atom is 0.140 e. The predicted molar refractivity (Wildman–Crippen MR) is 62.0 cm³/mol. The Morgan fingerprint density at radius 1 is 0.933 bits per heavy atom. The highest BCUT2D eigenvalue weighted by molar-refractivity contribution is 8.00. The Morgan fingerprint density at radius 2 is 1.27 bits per heavy atom. The Morgan fingerprint density at radius 3 is 1.47 bits per heavy atom. The van der Waals surface area contributed by atoms with Crippen molar-refractivity contribution in [1.29, 1.82) is 0 Å². The van der Waals surface area contributed by atoms with Crippen LogP contribution in [0.1, 0.15) is 40.5 Å². The van der Waals surface area contributed by atoms with Gasteiger partial charge in [0.25, 0.3) is 0 Å². The van der Waals surface area contributed by atoms with Gasteiger partial charge in [-0.2, -0.15) is 11.8 Å². The van der Waals surface area contributed by atoms with Crippen molar-refractivity contribution in [3.05, 3.63) is 0 Å². The second kappa shape index (κ2) is 3.09. The molecule has 0 heterocycles. The fraction of sp³-hybridized carbons (Fsp3) is 0.833. The first-order valence-electron chi connectivity index (χ1n) is 5.48. The van der Waals surface area contributed by atoms with E-state index in [9.17, 15) is 9.59 Å². The van der Waals surface area contributed by atoms with Crippen LogP contribution < -0.4 is 0 Å². The Kier molecular flexibility index (Phi) is 2.31. The van der Waals surface area contributed by atoms with Crippen molar-refractivity contribution in [1.82, 2.24) is 0 Å². The number of thioether (sulfide) groups is 1. The molecule has 2 aliphatic rings. The lowest BCUT2D eigenvalue weighted by molar-refractivity contribution is -0.134. The molecular formula is C12H18O2S. The van der Waals surface area contributed by atoms with E-state index in [-0.39, 0.29) is 10.8 Å². The van der Waals surface area contributed by atoms with Crippen LogP contribution in [0.4, 0.5) is 0 Å². The van der Waals surface area contributed by atoms with Gasteiger partial charge in [0.15, 0.2) is 0 Å². The van der Waals surface area contributed by atoms with Crippen molar-refractivity contribution >= 4 is 23.3 Å². The van der Waals surface area contributed by atoms with E-state index in [0.29, 0.717) is 34.9 Å². The molecule has 0 radical (unpaired) electrons. The molecule has 2 unspecified atom stereocenters. The molecule has 2 aliphatic carbocycles. The van der Waals surface area contributed by atoms with Crippen LogP contribution in [0.5, 0.6) is 0 Å². The molecule has 0 aromatic heterocycles. The molecule has 0 spiro atoms. The van der Waals surface area contributed by atoms with E-state index >= 15 is 0 Å². The fourth-order valence-corrected chi connectivity index (χ4v) is 3.94. The van der Waals surface area contributed by atoms with Gasteiger partial charge in [0, 0.05) is 34.2 Å². The summed E-state index contributed by atoms with van der Waals surface area (Å²) in [6.45, 7) is 8.07. The second-order valence-corrected chi connectivity index (χ2v) is 7.22. The highest BCUT2D eigenvalue weighted by Crippen LogP contribution is 2.53. The van der Waals surface area contributed by atoms with E-state index in [0.717, 1.165) is 0 Å². The topological polar surface area (TPSA) is 34.1 Å². The summed E-state index contributed by atoms with van der Waals surface area (Å²) in [4.78, 5) is 22.8. The molecule has 84 valence electrons. The minimum absolute atomic E-state index is 0.167. The van der Waals surface area contributed by atoms with Gasteiger partial charge in [-0.1, -0.05) is 27.7 Å². The normalized spacial score (nSPS) is 37.1. The van der Waals surface area contributed by atoms with Crippen LogP contribution in [0.25, 0.3) is 0 Å². The third-order valence-electron chi connectivity index (χ3n) is 4.12. The molecule has 3 heteroatoms. The highest BCUT2D eigenvalue weighted by atomic mass is 32.2. The number of hydrogen-bond acceptors (Lipinski definition) is 3. The first kappa shape index (κ1) is 11.2. The van der Waals surface area contributed by atoms with E-state index < -0.39 is 0 Å². The fourth-order valence-electron chi connectivity index (χ4n) is 2.10. The van der Waals surface area contributed by atoms with Crippen LogP contribution in [0.2, 0.25) is 0 Å². The zero-order chi connectivity index (χ0) is 11.4. The number of ketones is 2. The van der Waals surface area contributed by atoms with Crippen molar-refractivity contribution in [3.63, 3.8) is 0 Å². The SMILES string of the molecule is CC1(C)C(=O)CC1SC1CC(=O)C1(C)C. The van der Waals surface area contributed by atoms with Crippen LogP contribution >= 0.6 is 11.8 Å². The average molecular weight is 226 g/mol. The van der Waals surface area contributed by atoms with Gasteiger partial charge < -0.3 is 0 Å². The van der Waals surface area contributed by atoms with Gasteiger partial charge in [-0.3, -0.25) is 9.59 Å². The van der Waals surface area contributed by atoms with Gasteiger partial charge in [0.1, 0.15) is 11.6 Å². The molecule has 0 bridgehead atoms. The Labute approximate surface area is 95.2 Å². The summed E-state index contributed by atoms with van der Waals surface area (Å²) in [7, 11) is 0. The Bertz CT molecular complexity index is 299. The number of Topliss-reactive ketones (excluding diaryl/α,β-unsaturated/α-hetero) is 2. The summed E-state index contributed by atoms with van der Waals surface area (Å²) >= 11 is 1.85. The van der Waals surface area contributed by atoms with Gasteiger partial charge in [-0.05, 0) is 0 Å². The smallest absolute Gasteiger partial charge is 0.140 e. The zero-order valence-electron chi connectivity index (χ0n) is 9.79. The average Bonchev–Trinajstić information content (AvgIpc) is 2.16. The van der Waals surface area contributed by atoms with Crippen LogP contribution in [-0.2, 0) is 9.59 Å². The molecule has 0 aromatic carbocycles. The first-order valence-corrected chi connectivity index (χ1v) is 6.42. The maximum atomic E-state index is 11.4. The van der Waals surface area contributed by atoms with Gasteiger partial charge in [0.05, 0.1) is 0 Å². The molecule has 0 amide bonds. The molecule has 0 aliphatic heterocycles. The summed E-state index contributed by atoms with van der Waals surface area (Å²) in [5, 5.41) is 0.838. The lowest BCUT2D eigenvalue weighted by Crippen LogP contribution is -2.54. The lowest BCUT2D eigenvalue weighted by Gasteiger charge is -2.49. The van der Waals surface area contributed by atoms with E-state index in [1.807, 2.05) is 39.5 Å². The molecule has 0 saturated heterocycles. The number of carbonyl (C=O) groups excluding carboxylic acids is 2. The van der Waals surface area contributed by atoms with Gasteiger partial charge in [-0.15, -0.1) is 0 Å². The van der Waals surface area contributed by atoms with Crippen molar-refractivity contribution in [3.8, 4) is 0 Å². The van der Waals surface area contributed by atoms with Crippen LogP contribution in [0, 0.1) is 10.8 Å². The largest absolute Gasteiger partial charge is 0.299 e. The zero-order valence-corrected chi connectivity index (χ0v) is 10.6. The minimum atomic E-state index is -0.167. The Hall–Kier alpha value is -0.310. The van der Waals surface area contributed by atoms with E-state index in [1.165, 1.54) is 0 Å². The third-order valence-corrected chi connectivity index (χ3v) is 6.29. The second-order valence-electron chi connectivity index (χ2n) is 5.81. The molecule has 0 aromatic rings. The summed E-state index contributed by atoms with van der Waals surface area (Å²) in [5.74, 6) is 0.729. The van der Waals surface area contributed by atoms with Crippen LogP contribution in [0.15, 0.2) is 0 Å². The summed E-state index contributed by atoms with van der Waals surface area (Å²) < 4.78 is 0. The van der Waals surface area contributed by atoms with Crippen molar-refractivity contribution in [2.45, 2.75) is 51.0 Å². The maximum absolute atomic E-state index is 11.4. The molecule has 2 rings (SSSR count). The molecule has 2 saturated carbocycles. The summed E-state index contributed by atoms with van der Waals surface area (Å²) in [5.41, 5.74) is -0.335. The van der Waals surface area contributed by atoms with Crippen molar-refractivity contribution in [2.75, 3.05) is 0 Å².